The number of aromatic nitrogens is 3. The van der Waals surface area contributed by atoms with Gasteiger partial charge in [-0.15, -0.1) is 0 Å². The Balaban J connectivity index is 1.31. The molecule has 4 rings (SSSR count). The lowest BCUT2D eigenvalue weighted by molar-refractivity contribution is 0.0958. The maximum absolute atomic E-state index is 12.1. The highest BCUT2D eigenvalue weighted by molar-refractivity contribution is 5.91. The average molecular weight is 422 g/mol. The van der Waals surface area contributed by atoms with E-state index >= 15 is 0 Å². The van der Waals surface area contributed by atoms with E-state index in [-0.39, 0.29) is 17.6 Å². The summed E-state index contributed by atoms with van der Waals surface area (Å²) in [4.78, 5) is 37.6. The Hall–Kier alpha value is -3.26. The molecule has 8 nitrogen and oxygen atoms in total. The van der Waals surface area contributed by atoms with Crippen molar-refractivity contribution >= 4 is 16.9 Å². The van der Waals surface area contributed by atoms with Gasteiger partial charge in [0.2, 0.25) is 0 Å². The number of nitrogens with one attached hydrogen (secondary N) is 2. The number of fused-ring (bicyclic) bond motifs is 1. The number of pyridine rings is 3. The molecular formula is C23H27N5O3. The fourth-order valence-corrected chi connectivity index (χ4v) is 3.85. The second kappa shape index (κ2) is 9.26. The number of aromatic amines is 1. The Morgan fingerprint density at radius 1 is 1.29 bits per heavy atom. The zero-order valence-corrected chi connectivity index (χ0v) is 17.9. The first-order valence-electron chi connectivity index (χ1n) is 10.6. The molecule has 0 saturated carbocycles. The molecule has 0 aromatic carbocycles. The fourth-order valence-electron chi connectivity index (χ4n) is 3.85. The molecule has 1 aliphatic heterocycles. The normalized spacial score (nSPS) is 16.5. The third kappa shape index (κ3) is 4.91. The maximum atomic E-state index is 12.1. The predicted octanol–water partition coefficient (Wildman–Crippen LogP) is 1.94. The van der Waals surface area contributed by atoms with Gasteiger partial charge in [-0.05, 0) is 49.1 Å². The van der Waals surface area contributed by atoms with Gasteiger partial charge in [-0.25, -0.2) is 4.98 Å². The summed E-state index contributed by atoms with van der Waals surface area (Å²) in [5.41, 5.74) is 3.81. The zero-order valence-electron chi connectivity index (χ0n) is 17.9. The van der Waals surface area contributed by atoms with E-state index in [0.717, 1.165) is 54.6 Å². The lowest BCUT2D eigenvalue weighted by Gasteiger charge is -2.17. The van der Waals surface area contributed by atoms with Gasteiger partial charge >= 0.3 is 0 Å². The molecule has 162 valence electrons. The molecule has 1 aliphatic rings. The number of nitrogens with zero attached hydrogens (tertiary/aromatic N) is 3. The van der Waals surface area contributed by atoms with Crippen molar-refractivity contribution < 1.29 is 9.53 Å². The minimum absolute atomic E-state index is 0.0358. The molecule has 3 aromatic heterocycles. The van der Waals surface area contributed by atoms with E-state index in [0.29, 0.717) is 17.9 Å². The van der Waals surface area contributed by atoms with Crippen molar-refractivity contribution in [3.63, 3.8) is 0 Å². The van der Waals surface area contributed by atoms with Crippen LogP contribution in [0.25, 0.3) is 11.0 Å². The van der Waals surface area contributed by atoms with Crippen LogP contribution < -0.4 is 15.6 Å². The van der Waals surface area contributed by atoms with Crippen molar-refractivity contribution in [1.82, 2.24) is 25.2 Å². The summed E-state index contributed by atoms with van der Waals surface area (Å²) in [6, 6.07) is 7.34. The molecule has 0 radical (unpaired) electrons. The molecule has 0 bridgehead atoms. The summed E-state index contributed by atoms with van der Waals surface area (Å²) in [6.07, 6.45) is 6.09. The zero-order chi connectivity index (χ0) is 21.8. The maximum Gasteiger partial charge on any atom is 0.269 e. The Bertz CT molecular complexity index is 1130. The minimum atomic E-state index is -0.211. The quantitative estimate of drug-likeness (QED) is 0.605. The number of carbonyl (C=O) groups is 1. The molecule has 1 fully saturated rings. The van der Waals surface area contributed by atoms with Crippen LogP contribution in [0.4, 0.5) is 0 Å². The average Bonchev–Trinajstić information content (AvgIpc) is 3.24. The Morgan fingerprint density at radius 3 is 2.90 bits per heavy atom. The second-order valence-corrected chi connectivity index (χ2v) is 7.79. The minimum Gasteiger partial charge on any atom is -0.487 e. The Labute approximate surface area is 180 Å². The number of amides is 1. The van der Waals surface area contributed by atoms with Gasteiger partial charge in [0.05, 0.1) is 17.2 Å². The molecule has 4 heterocycles. The molecule has 2 N–H and O–H groups in total. The van der Waals surface area contributed by atoms with Crippen LogP contribution >= 0.6 is 0 Å². The summed E-state index contributed by atoms with van der Waals surface area (Å²) in [5, 5.41) is 2.55. The second-order valence-electron chi connectivity index (χ2n) is 7.79. The molecule has 1 amide bonds. The molecule has 0 spiro atoms. The number of carbonyl (C=O) groups excluding carboxylic acids is 1. The highest BCUT2D eigenvalue weighted by Gasteiger charge is 2.24. The summed E-state index contributed by atoms with van der Waals surface area (Å²) in [7, 11) is 1.58. The smallest absolute Gasteiger partial charge is 0.269 e. The van der Waals surface area contributed by atoms with Gasteiger partial charge in [-0.2, -0.15) is 0 Å². The Kier molecular flexibility index (Phi) is 6.27. The molecule has 0 aliphatic carbocycles. The number of hydrogen-bond donors (Lipinski definition) is 2. The van der Waals surface area contributed by atoms with Gasteiger partial charge in [-0.3, -0.25) is 19.5 Å². The SMILES string of the molecule is CCc1cc2ncc(CCN3CC[C@@H](Oc4ccc(C(=O)NC)nc4)C3)cc2[nH]c1=O. The van der Waals surface area contributed by atoms with Crippen LogP contribution in [-0.2, 0) is 12.8 Å². The first-order valence-corrected chi connectivity index (χ1v) is 10.6. The van der Waals surface area contributed by atoms with E-state index in [1.807, 2.05) is 25.3 Å². The van der Waals surface area contributed by atoms with Crippen molar-refractivity contribution in [1.29, 1.82) is 0 Å². The number of ether oxygens (including phenoxy) is 1. The summed E-state index contributed by atoms with van der Waals surface area (Å²) >= 11 is 0. The van der Waals surface area contributed by atoms with Crippen LogP contribution in [0.2, 0.25) is 0 Å². The standard InChI is InChI=1S/C23H27N5O3/c1-3-16-11-20-21(27-22(16)29)10-15(12-25-20)6-8-28-9-7-18(14-28)31-17-4-5-19(26-13-17)23(30)24-2/h4-5,10-13,18H,3,6-9,14H2,1-2H3,(H,24,30)(H,27,29)/t18-/m1/s1. The van der Waals surface area contributed by atoms with Crippen LogP contribution in [0.3, 0.4) is 0 Å². The highest BCUT2D eigenvalue weighted by atomic mass is 16.5. The molecule has 8 heteroatoms. The van der Waals surface area contributed by atoms with Gasteiger partial charge in [0, 0.05) is 38.4 Å². The van der Waals surface area contributed by atoms with Gasteiger partial charge in [-0.1, -0.05) is 6.92 Å². The van der Waals surface area contributed by atoms with Crippen LogP contribution in [0.5, 0.6) is 5.75 Å². The van der Waals surface area contributed by atoms with Crippen molar-refractivity contribution in [2.75, 3.05) is 26.7 Å². The van der Waals surface area contributed by atoms with Crippen molar-refractivity contribution in [2.45, 2.75) is 32.3 Å². The fraction of sp³-hybridized carbons (Fsp3) is 0.391. The van der Waals surface area contributed by atoms with E-state index < -0.39 is 0 Å². The molecule has 0 unspecified atom stereocenters. The van der Waals surface area contributed by atoms with Crippen LogP contribution in [0, 0.1) is 0 Å². The summed E-state index contributed by atoms with van der Waals surface area (Å²) < 4.78 is 6.03. The first-order chi connectivity index (χ1) is 15.1. The first kappa shape index (κ1) is 21.0. The lowest BCUT2D eigenvalue weighted by atomic mass is 10.1. The van der Waals surface area contributed by atoms with Crippen molar-refractivity contribution in [3.8, 4) is 5.75 Å². The third-order valence-corrected chi connectivity index (χ3v) is 5.65. The molecule has 31 heavy (non-hydrogen) atoms. The van der Waals surface area contributed by atoms with Gasteiger partial charge in [0.1, 0.15) is 17.5 Å². The molecular weight excluding hydrogens is 394 g/mol. The number of aryl methyl sites for hydroxylation is 1. The van der Waals surface area contributed by atoms with Gasteiger partial charge < -0.3 is 15.0 Å². The van der Waals surface area contributed by atoms with E-state index in [2.05, 4.69) is 25.2 Å². The molecule has 1 saturated heterocycles. The van der Waals surface area contributed by atoms with E-state index in [4.69, 9.17) is 4.74 Å². The Morgan fingerprint density at radius 2 is 2.16 bits per heavy atom. The number of H-pyrrole nitrogens is 1. The topological polar surface area (TPSA) is 100 Å². The van der Waals surface area contributed by atoms with Crippen LogP contribution in [0.15, 0.2) is 41.5 Å². The number of likely N-dealkylation sites (tertiary alicyclic amines) is 1. The van der Waals surface area contributed by atoms with Crippen LogP contribution in [-0.4, -0.2) is 58.5 Å². The van der Waals surface area contributed by atoms with Crippen LogP contribution in [0.1, 0.15) is 35.0 Å². The van der Waals surface area contributed by atoms with Crippen molar-refractivity contribution in [2.24, 2.45) is 0 Å². The van der Waals surface area contributed by atoms with E-state index in [1.54, 1.807) is 25.4 Å². The molecule has 1 atom stereocenters. The monoisotopic (exact) mass is 421 g/mol. The van der Waals surface area contributed by atoms with E-state index in [1.165, 1.54) is 0 Å². The van der Waals surface area contributed by atoms with Gasteiger partial charge in [0.25, 0.3) is 11.5 Å². The largest absolute Gasteiger partial charge is 0.487 e. The van der Waals surface area contributed by atoms with E-state index in [9.17, 15) is 9.59 Å². The number of rotatable bonds is 7. The van der Waals surface area contributed by atoms with Gasteiger partial charge in [0.15, 0.2) is 0 Å². The van der Waals surface area contributed by atoms with Crippen molar-refractivity contribution in [3.05, 3.63) is 63.8 Å². The third-order valence-electron chi connectivity index (χ3n) is 5.65. The number of hydrogen-bond acceptors (Lipinski definition) is 6. The molecule has 3 aromatic rings. The summed E-state index contributed by atoms with van der Waals surface area (Å²) in [5.74, 6) is 0.463. The summed E-state index contributed by atoms with van der Waals surface area (Å²) in [6.45, 7) is 4.67. The predicted molar refractivity (Wildman–Crippen MR) is 119 cm³/mol. The lowest BCUT2D eigenvalue weighted by Crippen LogP contribution is -2.27. The highest BCUT2D eigenvalue weighted by Crippen LogP contribution is 2.19.